The third-order valence-corrected chi connectivity index (χ3v) is 16.4. The summed E-state index contributed by atoms with van der Waals surface area (Å²) >= 11 is 0. The van der Waals surface area contributed by atoms with Gasteiger partial charge in [-0.05, 0) is 109 Å². The molecule has 9 heteroatoms. The zero-order valence-electron chi connectivity index (χ0n) is 60.8. The second kappa shape index (κ2) is 73.2. The van der Waals surface area contributed by atoms with E-state index < -0.39 is 24.3 Å². The van der Waals surface area contributed by atoms with Crippen LogP contribution in [-0.4, -0.2) is 82.3 Å². The van der Waals surface area contributed by atoms with Crippen molar-refractivity contribution in [1.29, 1.82) is 0 Å². The maximum absolute atomic E-state index is 13.0. The minimum absolute atomic E-state index is 0.145. The zero-order chi connectivity index (χ0) is 67.5. The lowest BCUT2D eigenvalue weighted by molar-refractivity contribution is -0.870. The lowest BCUT2D eigenvalue weighted by Crippen LogP contribution is -2.44. The molecule has 532 valence electrons. The Morgan fingerprint density at radius 3 is 0.860 bits per heavy atom. The highest BCUT2D eigenvalue weighted by molar-refractivity contribution is 5.70. The lowest BCUT2D eigenvalue weighted by Gasteiger charge is -2.26. The molecule has 0 aliphatic rings. The average Bonchev–Trinajstić information content (AvgIpc) is 3.38. The van der Waals surface area contributed by atoms with Gasteiger partial charge in [-0.3, -0.25) is 9.59 Å². The number of likely N-dealkylation sites (N-methyl/N-ethyl adjacent to an activating group) is 1. The van der Waals surface area contributed by atoms with Gasteiger partial charge in [0.15, 0.2) is 12.4 Å². The molecule has 0 amide bonds. The highest BCUT2D eigenvalue weighted by atomic mass is 16.7. The smallest absolute Gasteiger partial charge is 0.306 e. The number of esters is 2. The van der Waals surface area contributed by atoms with Crippen LogP contribution >= 0.6 is 0 Å². The molecule has 0 saturated carbocycles. The summed E-state index contributed by atoms with van der Waals surface area (Å²) in [5, 5.41) is 11.9. The summed E-state index contributed by atoms with van der Waals surface area (Å²) in [5.74, 6) is -2.27. The number of unbranched alkanes of at least 4 members (excludes halogenated alkanes) is 33. The number of carbonyl (C=O) groups is 3. The Morgan fingerprint density at radius 1 is 0.323 bits per heavy atom. The molecule has 9 nitrogen and oxygen atoms in total. The molecular formula is C84H143NO8. The Balaban J connectivity index is 4.05. The second-order valence-corrected chi connectivity index (χ2v) is 26.5. The van der Waals surface area contributed by atoms with Crippen LogP contribution in [0.1, 0.15) is 322 Å². The van der Waals surface area contributed by atoms with Crippen molar-refractivity contribution in [1.82, 2.24) is 0 Å². The molecule has 0 N–H and O–H groups in total. The summed E-state index contributed by atoms with van der Waals surface area (Å²) in [6, 6.07) is 0. The van der Waals surface area contributed by atoms with Crippen molar-refractivity contribution >= 4 is 17.9 Å². The zero-order valence-corrected chi connectivity index (χ0v) is 60.8. The number of hydrogen-bond acceptors (Lipinski definition) is 8. The molecule has 0 fully saturated rings. The van der Waals surface area contributed by atoms with Gasteiger partial charge in [-0.2, -0.15) is 0 Å². The number of nitrogens with zero attached hydrogens (tertiary/aromatic N) is 1. The molecule has 0 aromatic rings. The van der Waals surface area contributed by atoms with Crippen LogP contribution in [0.15, 0.2) is 134 Å². The normalized spacial score (nSPS) is 13.4. The van der Waals surface area contributed by atoms with Crippen LogP contribution in [0.5, 0.6) is 0 Å². The van der Waals surface area contributed by atoms with Crippen LogP contribution in [0, 0.1) is 0 Å². The highest BCUT2D eigenvalue weighted by Crippen LogP contribution is 2.18. The summed E-state index contributed by atoms with van der Waals surface area (Å²) in [6.45, 7) is 4.55. The summed E-state index contributed by atoms with van der Waals surface area (Å²) in [6.07, 6.45) is 103. The van der Waals surface area contributed by atoms with E-state index in [-0.39, 0.29) is 38.6 Å². The molecule has 0 aromatic heterocycles. The van der Waals surface area contributed by atoms with E-state index in [9.17, 15) is 19.5 Å². The molecule has 0 aliphatic carbocycles. The molecule has 0 spiro atoms. The minimum Gasteiger partial charge on any atom is -0.545 e. The lowest BCUT2D eigenvalue weighted by atomic mass is 10.0. The number of ether oxygens (including phenoxy) is 4. The first-order chi connectivity index (χ1) is 45.6. The summed E-state index contributed by atoms with van der Waals surface area (Å²) in [4.78, 5) is 37.6. The molecule has 0 bridgehead atoms. The number of hydrogen-bond donors (Lipinski definition) is 0. The Morgan fingerprint density at radius 2 is 0.581 bits per heavy atom. The van der Waals surface area contributed by atoms with Crippen LogP contribution in [0.25, 0.3) is 0 Å². The summed E-state index contributed by atoms with van der Waals surface area (Å²) in [5.41, 5.74) is 0. The van der Waals surface area contributed by atoms with Gasteiger partial charge < -0.3 is 33.3 Å². The molecule has 0 aromatic carbocycles. The van der Waals surface area contributed by atoms with E-state index in [0.29, 0.717) is 17.4 Å². The third kappa shape index (κ3) is 74.7. The van der Waals surface area contributed by atoms with Crippen molar-refractivity contribution in [3.8, 4) is 0 Å². The van der Waals surface area contributed by atoms with E-state index >= 15 is 0 Å². The monoisotopic (exact) mass is 1290 g/mol. The predicted molar refractivity (Wildman–Crippen MR) is 398 cm³/mol. The number of carbonyl (C=O) groups excluding carboxylic acids is 3. The summed E-state index contributed by atoms with van der Waals surface area (Å²) < 4.78 is 22.9. The Kier molecular flexibility index (Phi) is 69.6. The van der Waals surface area contributed by atoms with Gasteiger partial charge in [0.25, 0.3) is 0 Å². The van der Waals surface area contributed by atoms with Gasteiger partial charge in [-0.1, -0.05) is 334 Å². The molecule has 2 unspecified atom stereocenters. The molecule has 93 heavy (non-hydrogen) atoms. The fraction of sp³-hybridized carbons (Fsp3) is 0.702. The van der Waals surface area contributed by atoms with Crippen molar-refractivity contribution < 1.29 is 42.9 Å². The van der Waals surface area contributed by atoms with E-state index in [0.717, 1.165) is 109 Å². The SMILES string of the molecule is CC/C=C\C/C=C\C/C=C\C/C=C\C/C=C\C/C=C\C/C=C\CCCCCCCCCCCCCCCCCCCC(=O)OC(COC(=O)CCCCCCCCCCCCCCCCCC/C=C\C/C=C\C/C=C\C/C=C\CC)COC(OCC[N+](C)(C)C)C(=O)[O-]. The van der Waals surface area contributed by atoms with E-state index in [1.807, 2.05) is 21.1 Å². The number of carboxylic acid groups (broad SMARTS) is 1. The van der Waals surface area contributed by atoms with Crippen LogP contribution in [0.4, 0.5) is 0 Å². The minimum atomic E-state index is -1.63. The summed E-state index contributed by atoms with van der Waals surface area (Å²) in [7, 11) is 5.94. The first-order valence-corrected chi connectivity index (χ1v) is 38.3. The number of rotatable bonds is 70. The fourth-order valence-corrected chi connectivity index (χ4v) is 10.6. The second-order valence-electron chi connectivity index (χ2n) is 26.5. The van der Waals surface area contributed by atoms with Crippen molar-refractivity contribution in [2.24, 2.45) is 0 Å². The molecule has 0 rings (SSSR count). The van der Waals surface area contributed by atoms with Crippen molar-refractivity contribution in [2.75, 3.05) is 47.5 Å². The van der Waals surface area contributed by atoms with Gasteiger partial charge in [-0.25, -0.2) is 0 Å². The van der Waals surface area contributed by atoms with E-state index in [4.69, 9.17) is 18.9 Å². The molecule has 0 radical (unpaired) electrons. The average molecular weight is 1300 g/mol. The first-order valence-electron chi connectivity index (χ1n) is 38.3. The molecular weight excluding hydrogens is 1150 g/mol. The molecule has 0 heterocycles. The predicted octanol–water partition coefficient (Wildman–Crippen LogP) is 23.1. The van der Waals surface area contributed by atoms with Crippen LogP contribution in [-0.2, 0) is 33.3 Å². The highest BCUT2D eigenvalue weighted by Gasteiger charge is 2.22. The van der Waals surface area contributed by atoms with E-state index in [2.05, 4.69) is 148 Å². The number of quaternary nitrogens is 1. The van der Waals surface area contributed by atoms with Gasteiger partial charge in [-0.15, -0.1) is 0 Å². The third-order valence-electron chi connectivity index (χ3n) is 16.4. The van der Waals surface area contributed by atoms with Crippen LogP contribution < -0.4 is 5.11 Å². The molecule has 0 saturated heterocycles. The van der Waals surface area contributed by atoms with Gasteiger partial charge in [0.2, 0.25) is 0 Å². The van der Waals surface area contributed by atoms with Gasteiger partial charge >= 0.3 is 11.9 Å². The van der Waals surface area contributed by atoms with Crippen molar-refractivity contribution in [3.63, 3.8) is 0 Å². The maximum atomic E-state index is 13.0. The molecule has 2 atom stereocenters. The topological polar surface area (TPSA) is 111 Å². The number of aliphatic carboxylic acids is 1. The number of carboxylic acids is 1. The van der Waals surface area contributed by atoms with Gasteiger partial charge in [0, 0.05) is 12.8 Å². The standard InChI is InChI=1S/C84H143NO8/c1-6-8-10-12-14-16-18-20-22-24-26-28-30-32-34-36-37-38-39-40-41-42-43-44-45-47-49-51-53-55-57-59-61-63-65-67-69-71-73-75-82(87)93-80(79-92-84(83(88)89)90-77-76-85(3,4)5)78-91-81(86)74-72-70-68-66-64-62-60-58-56-54-52-50-48-46-35-33-31-29-27-25-23-21-19-17-15-13-11-9-7-2/h8-11,14-17,20-23,26-29,32,34,37-38,40-41,80,84H,6-7,12-13,18-19,24-25,30-31,33,35-36,39,42-79H2,1-5H3/b10-8-,11-9-,16-14-,17-15-,22-20-,23-21-,28-26-,29-27-,34-32-,38-37-,41-40-. The van der Waals surface area contributed by atoms with Gasteiger partial charge in [0.05, 0.1) is 40.3 Å². The fourth-order valence-electron chi connectivity index (χ4n) is 10.6. The van der Waals surface area contributed by atoms with Crippen LogP contribution in [0.2, 0.25) is 0 Å². The van der Waals surface area contributed by atoms with E-state index in [1.165, 1.54) is 180 Å². The largest absolute Gasteiger partial charge is 0.545 e. The van der Waals surface area contributed by atoms with Crippen molar-refractivity contribution in [3.05, 3.63) is 134 Å². The van der Waals surface area contributed by atoms with Gasteiger partial charge in [0.1, 0.15) is 13.2 Å². The van der Waals surface area contributed by atoms with Crippen molar-refractivity contribution in [2.45, 2.75) is 334 Å². The Labute approximate surface area is 573 Å². The Bertz CT molecular complexity index is 2000. The Hall–Kier alpha value is -4.57. The van der Waals surface area contributed by atoms with E-state index in [1.54, 1.807) is 0 Å². The maximum Gasteiger partial charge on any atom is 0.306 e. The molecule has 0 aliphatic heterocycles. The quantitative estimate of drug-likeness (QED) is 0.0195. The number of allylic oxidation sites excluding steroid dienone is 22. The first kappa shape index (κ1) is 88.4. The van der Waals surface area contributed by atoms with Crippen LogP contribution in [0.3, 0.4) is 0 Å².